The Hall–Kier alpha value is -2.15. The van der Waals surface area contributed by atoms with Crippen LogP contribution < -0.4 is 0 Å². The molecule has 2 aromatic rings. The Morgan fingerprint density at radius 3 is 2.24 bits per heavy atom. The number of rotatable bonds is 5. The van der Waals surface area contributed by atoms with E-state index in [-0.39, 0.29) is 12.3 Å². The SMILES string of the molecule is CC(c1cccc(C(O)c2ccccc2)c1)C(O)CC#N. The molecule has 0 bridgehead atoms. The van der Waals surface area contributed by atoms with Crippen LogP contribution in [-0.4, -0.2) is 16.3 Å². The number of hydrogen-bond acceptors (Lipinski definition) is 3. The Labute approximate surface area is 125 Å². The lowest BCUT2D eigenvalue weighted by molar-refractivity contribution is 0.154. The summed E-state index contributed by atoms with van der Waals surface area (Å²) >= 11 is 0. The number of aliphatic hydroxyl groups is 2. The van der Waals surface area contributed by atoms with Crippen LogP contribution in [0.2, 0.25) is 0 Å². The smallest absolute Gasteiger partial charge is 0.104 e. The zero-order valence-corrected chi connectivity index (χ0v) is 12.0. The Balaban J connectivity index is 2.24. The van der Waals surface area contributed by atoms with Crippen LogP contribution in [0.25, 0.3) is 0 Å². The number of aliphatic hydroxyl groups excluding tert-OH is 2. The van der Waals surface area contributed by atoms with Crippen molar-refractivity contribution in [3.8, 4) is 6.07 Å². The molecular weight excluding hydrogens is 262 g/mol. The molecule has 0 heterocycles. The van der Waals surface area contributed by atoms with Crippen molar-refractivity contribution in [1.82, 2.24) is 0 Å². The van der Waals surface area contributed by atoms with E-state index in [1.165, 1.54) is 0 Å². The maximum Gasteiger partial charge on any atom is 0.104 e. The Morgan fingerprint density at radius 1 is 0.952 bits per heavy atom. The maximum atomic E-state index is 10.4. The molecule has 0 aromatic heterocycles. The van der Waals surface area contributed by atoms with Gasteiger partial charge in [-0.05, 0) is 16.7 Å². The molecule has 108 valence electrons. The third kappa shape index (κ3) is 3.69. The van der Waals surface area contributed by atoms with Gasteiger partial charge in [0.1, 0.15) is 6.10 Å². The highest BCUT2D eigenvalue weighted by molar-refractivity contribution is 5.34. The van der Waals surface area contributed by atoms with Gasteiger partial charge in [-0.15, -0.1) is 0 Å². The van der Waals surface area contributed by atoms with Crippen molar-refractivity contribution in [3.05, 3.63) is 71.3 Å². The highest BCUT2D eigenvalue weighted by Gasteiger charge is 2.18. The zero-order valence-electron chi connectivity index (χ0n) is 12.0. The molecule has 0 saturated carbocycles. The van der Waals surface area contributed by atoms with Gasteiger partial charge in [0.2, 0.25) is 0 Å². The molecule has 2 N–H and O–H groups in total. The summed E-state index contributed by atoms with van der Waals surface area (Å²) in [6.45, 7) is 1.88. The molecular formula is C18H19NO2. The molecule has 0 radical (unpaired) electrons. The average Bonchev–Trinajstić information content (AvgIpc) is 2.54. The molecule has 0 fully saturated rings. The van der Waals surface area contributed by atoms with E-state index in [2.05, 4.69) is 0 Å². The monoisotopic (exact) mass is 281 g/mol. The molecule has 0 spiro atoms. The number of benzene rings is 2. The lowest BCUT2D eigenvalue weighted by Crippen LogP contribution is -2.15. The fraction of sp³-hybridized carbons (Fsp3) is 0.278. The van der Waals surface area contributed by atoms with Crippen molar-refractivity contribution in [2.24, 2.45) is 0 Å². The first-order valence-corrected chi connectivity index (χ1v) is 7.01. The van der Waals surface area contributed by atoms with Crippen molar-refractivity contribution in [1.29, 1.82) is 5.26 Å². The van der Waals surface area contributed by atoms with Gasteiger partial charge >= 0.3 is 0 Å². The summed E-state index contributed by atoms with van der Waals surface area (Å²) in [7, 11) is 0. The highest BCUT2D eigenvalue weighted by atomic mass is 16.3. The van der Waals surface area contributed by atoms with Crippen molar-refractivity contribution in [2.45, 2.75) is 31.5 Å². The molecule has 21 heavy (non-hydrogen) atoms. The fourth-order valence-electron chi connectivity index (χ4n) is 2.33. The minimum absolute atomic E-state index is 0.104. The second-order valence-electron chi connectivity index (χ2n) is 5.20. The normalized spacial score (nSPS) is 15.0. The maximum absolute atomic E-state index is 10.4. The van der Waals surface area contributed by atoms with E-state index < -0.39 is 12.2 Å². The summed E-state index contributed by atoms with van der Waals surface area (Å²) in [5.41, 5.74) is 2.54. The summed E-state index contributed by atoms with van der Waals surface area (Å²) < 4.78 is 0. The molecule has 0 aliphatic rings. The first-order valence-electron chi connectivity index (χ1n) is 7.01. The molecule has 3 atom stereocenters. The van der Waals surface area contributed by atoms with Crippen molar-refractivity contribution in [2.75, 3.05) is 0 Å². The van der Waals surface area contributed by atoms with Crippen LogP contribution >= 0.6 is 0 Å². The second kappa shape index (κ2) is 7.03. The average molecular weight is 281 g/mol. The molecule has 2 rings (SSSR count). The van der Waals surface area contributed by atoms with Gasteiger partial charge in [0.05, 0.1) is 18.6 Å². The van der Waals surface area contributed by atoms with Gasteiger partial charge in [-0.2, -0.15) is 5.26 Å². The largest absolute Gasteiger partial charge is 0.391 e. The van der Waals surface area contributed by atoms with Gasteiger partial charge in [-0.25, -0.2) is 0 Å². The zero-order chi connectivity index (χ0) is 15.2. The quantitative estimate of drug-likeness (QED) is 0.885. The summed E-state index contributed by atoms with van der Waals surface area (Å²) in [5.74, 6) is -0.146. The summed E-state index contributed by atoms with van der Waals surface area (Å²) in [4.78, 5) is 0. The predicted octanol–water partition coefficient (Wildman–Crippen LogP) is 3.15. The van der Waals surface area contributed by atoms with E-state index >= 15 is 0 Å². The van der Waals surface area contributed by atoms with E-state index in [9.17, 15) is 10.2 Å². The van der Waals surface area contributed by atoms with Crippen LogP contribution in [0.5, 0.6) is 0 Å². The third-order valence-electron chi connectivity index (χ3n) is 3.75. The molecule has 2 aromatic carbocycles. The van der Waals surface area contributed by atoms with Gasteiger partial charge in [0.15, 0.2) is 0 Å². The van der Waals surface area contributed by atoms with Crippen LogP contribution in [-0.2, 0) is 0 Å². The Kier molecular flexibility index (Phi) is 5.10. The van der Waals surface area contributed by atoms with E-state index in [1.54, 1.807) is 0 Å². The van der Waals surface area contributed by atoms with Crippen LogP contribution in [0, 0.1) is 11.3 Å². The molecule has 0 aliphatic heterocycles. The van der Waals surface area contributed by atoms with Gasteiger partial charge in [0.25, 0.3) is 0 Å². The highest BCUT2D eigenvalue weighted by Crippen LogP contribution is 2.27. The Morgan fingerprint density at radius 2 is 1.57 bits per heavy atom. The molecule has 3 unspecified atom stereocenters. The van der Waals surface area contributed by atoms with E-state index in [1.807, 2.05) is 67.6 Å². The first kappa shape index (κ1) is 15.2. The van der Waals surface area contributed by atoms with Crippen molar-refractivity contribution >= 4 is 0 Å². The first-order chi connectivity index (χ1) is 10.1. The molecule has 0 amide bonds. The van der Waals surface area contributed by atoms with Gasteiger partial charge in [-0.3, -0.25) is 0 Å². The number of nitriles is 1. The number of hydrogen-bond donors (Lipinski definition) is 2. The standard InChI is InChI=1S/C18H19NO2/c1-13(17(20)10-11-19)15-8-5-9-16(12-15)18(21)14-6-3-2-4-7-14/h2-9,12-13,17-18,20-21H,10H2,1H3. The predicted molar refractivity (Wildman–Crippen MR) is 81.6 cm³/mol. The van der Waals surface area contributed by atoms with E-state index in [0.29, 0.717) is 0 Å². The van der Waals surface area contributed by atoms with Gasteiger partial charge in [0, 0.05) is 5.92 Å². The van der Waals surface area contributed by atoms with Crippen LogP contribution in [0.15, 0.2) is 54.6 Å². The minimum atomic E-state index is -0.695. The number of nitrogens with zero attached hydrogens (tertiary/aromatic N) is 1. The molecule has 0 saturated heterocycles. The second-order valence-corrected chi connectivity index (χ2v) is 5.20. The van der Waals surface area contributed by atoms with Crippen molar-refractivity contribution < 1.29 is 10.2 Å². The Bertz CT molecular complexity index is 619. The third-order valence-corrected chi connectivity index (χ3v) is 3.75. The molecule has 0 aliphatic carbocycles. The summed E-state index contributed by atoms with van der Waals surface area (Å²) in [5, 5.41) is 29.0. The van der Waals surface area contributed by atoms with Crippen LogP contribution in [0.1, 0.15) is 42.1 Å². The molecule has 3 heteroatoms. The lowest BCUT2D eigenvalue weighted by Gasteiger charge is -2.19. The van der Waals surface area contributed by atoms with Crippen LogP contribution in [0.4, 0.5) is 0 Å². The van der Waals surface area contributed by atoms with Crippen LogP contribution in [0.3, 0.4) is 0 Å². The summed E-state index contributed by atoms with van der Waals surface area (Å²) in [6.07, 6.45) is -1.28. The summed E-state index contributed by atoms with van der Waals surface area (Å²) in [6, 6.07) is 19.0. The minimum Gasteiger partial charge on any atom is -0.391 e. The topological polar surface area (TPSA) is 64.2 Å². The fourth-order valence-corrected chi connectivity index (χ4v) is 2.33. The van der Waals surface area contributed by atoms with E-state index in [0.717, 1.165) is 16.7 Å². The lowest BCUT2D eigenvalue weighted by atomic mass is 9.91. The molecule has 3 nitrogen and oxygen atoms in total. The van der Waals surface area contributed by atoms with E-state index in [4.69, 9.17) is 5.26 Å². The van der Waals surface area contributed by atoms with Gasteiger partial charge < -0.3 is 10.2 Å². The van der Waals surface area contributed by atoms with Gasteiger partial charge in [-0.1, -0.05) is 61.5 Å². The van der Waals surface area contributed by atoms with Crippen molar-refractivity contribution in [3.63, 3.8) is 0 Å².